The molecule has 4 N–H and O–H groups in total. The van der Waals surface area contributed by atoms with Gasteiger partial charge in [0.25, 0.3) is 0 Å². The van der Waals surface area contributed by atoms with E-state index < -0.39 is 6.04 Å². The lowest BCUT2D eigenvalue weighted by Gasteiger charge is -2.15. The van der Waals surface area contributed by atoms with Gasteiger partial charge in [0.05, 0.1) is 12.5 Å². The van der Waals surface area contributed by atoms with Crippen LogP contribution in [0.25, 0.3) is 0 Å². The number of rotatable bonds is 3. The third kappa shape index (κ3) is 3.45. The van der Waals surface area contributed by atoms with E-state index in [1.54, 1.807) is 18.2 Å². The van der Waals surface area contributed by atoms with E-state index in [4.69, 9.17) is 5.73 Å². The topological polar surface area (TPSA) is 84.2 Å². The van der Waals surface area contributed by atoms with Crippen LogP contribution in [0.3, 0.4) is 0 Å². The van der Waals surface area contributed by atoms with E-state index in [2.05, 4.69) is 10.6 Å². The number of carbonyl (C=O) groups excluding carboxylic acids is 2. The molecule has 0 saturated carbocycles. The van der Waals surface area contributed by atoms with Gasteiger partial charge in [0.15, 0.2) is 0 Å². The van der Waals surface area contributed by atoms with Crippen molar-refractivity contribution in [3.05, 3.63) is 23.8 Å². The van der Waals surface area contributed by atoms with Gasteiger partial charge < -0.3 is 16.4 Å². The van der Waals surface area contributed by atoms with Crippen LogP contribution in [0.2, 0.25) is 0 Å². The van der Waals surface area contributed by atoms with Gasteiger partial charge in [0.1, 0.15) is 0 Å². The van der Waals surface area contributed by atoms with E-state index in [-0.39, 0.29) is 30.1 Å². The molecule has 0 radical (unpaired) electrons. The minimum atomic E-state index is -0.530. The molecule has 1 aromatic rings. The summed E-state index contributed by atoms with van der Waals surface area (Å²) in [5.74, 6) is -0.141. The van der Waals surface area contributed by atoms with Crippen molar-refractivity contribution < 1.29 is 9.59 Å². The second-order valence-electron chi connectivity index (χ2n) is 4.86. The molecule has 1 aromatic carbocycles. The highest BCUT2D eigenvalue weighted by molar-refractivity contribution is 6.00. The van der Waals surface area contributed by atoms with Crippen LogP contribution in [0, 0.1) is 5.92 Å². The lowest BCUT2D eigenvalue weighted by atomic mass is 10.0. The third-order valence-corrected chi connectivity index (χ3v) is 3.02. The molecule has 1 heterocycles. The Kier molecular flexibility index (Phi) is 4.91. The highest BCUT2D eigenvalue weighted by atomic mass is 35.5. The van der Waals surface area contributed by atoms with E-state index >= 15 is 0 Å². The fourth-order valence-corrected chi connectivity index (χ4v) is 1.84. The molecule has 0 bridgehead atoms. The monoisotopic (exact) mass is 283 g/mol. The Morgan fingerprint density at radius 2 is 2.11 bits per heavy atom. The summed E-state index contributed by atoms with van der Waals surface area (Å²) in [6.45, 7) is 3.80. The third-order valence-electron chi connectivity index (χ3n) is 3.02. The number of hydrogen-bond donors (Lipinski definition) is 3. The zero-order chi connectivity index (χ0) is 13.3. The molecule has 0 unspecified atom stereocenters. The molecule has 1 aliphatic heterocycles. The Balaban J connectivity index is 0.00000180. The molecule has 2 amide bonds. The van der Waals surface area contributed by atoms with Crippen LogP contribution in [-0.2, 0) is 16.0 Å². The summed E-state index contributed by atoms with van der Waals surface area (Å²) in [7, 11) is 0. The van der Waals surface area contributed by atoms with Crippen molar-refractivity contribution in [3.63, 3.8) is 0 Å². The fraction of sp³-hybridized carbons (Fsp3) is 0.385. The molecule has 5 nitrogen and oxygen atoms in total. The number of anilines is 2. The zero-order valence-corrected chi connectivity index (χ0v) is 11.7. The van der Waals surface area contributed by atoms with Crippen molar-refractivity contribution in [3.8, 4) is 0 Å². The summed E-state index contributed by atoms with van der Waals surface area (Å²) in [6.07, 6.45) is 0.356. The minimum Gasteiger partial charge on any atom is -0.326 e. The first-order valence-electron chi connectivity index (χ1n) is 5.96. The van der Waals surface area contributed by atoms with Gasteiger partial charge in [-0.1, -0.05) is 13.8 Å². The Bertz CT molecular complexity index is 503. The Hall–Kier alpha value is -1.59. The Morgan fingerprint density at radius 3 is 2.74 bits per heavy atom. The summed E-state index contributed by atoms with van der Waals surface area (Å²) in [5, 5.41) is 5.51. The maximum Gasteiger partial charge on any atom is 0.241 e. The summed E-state index contributed by atoms with van der Waals surface area (Å²) >= 11 is 0. The van der Waals surface area contributed by atoms with Crippen molar-refractivity contribution in [2.75, 3.05) is 10.6 Å². The Labute approximate surface area is 118 Å². The molecular weight excluding hydrogens is 266 g/mol. The summed E-state index contributed by atoms with van der Waals surface area (Å²) in [4.78, 5) is 23.0. The zero-order valence-electron chi connectivity index (χ0n) is 10.9. The number of nitrogens with two attached hydrogens (primary N) is 1. The highest BCUT2D eigenvalue weighted by Crippen LogP contribution is 2.26. The maximum absolute atomic E-state index is 11.8. The molecule has 0 aromatic heterocycles. The number of halogens is 1. The molecule has 2 rings (SSSR count). The molecule has 0 spiro atoms. The molecule has 0 aliphatic carbocycles. The standard InChI is InChI=1S/C13H17N3O2.ClH/c1-7(2)12(14)13(18)15-9-3-4-10-8(5-9)6-11(17)16-10;/h3-5,7,12H,6,14H2,1-2H3,(H,15,18)(H,16,17);1H/t12-;/m0./s1. The average Bonchev–Trinajstić information content (AvgIpc) is 2.67. The number of carbonyl (C=O) groups is 2. The van der Waals surface area contributed by atoms with E-state index in [0.717, 1.165) is 11.3 Å². The normalized spacial score (nSPS) is 14.4. The van der Waals surface area contributed by atoms with E-state index in [9.17, 15) is 9.59 Å². The van der Waals surface area contributed by atoms with Crippen LogP contribution in [0.15, 0.2) is 18.2 Å². The van der Waals surface area contributed by atoms with Crippen LogP contribution in [-0.4, -0.2) is 17.9 Å². The number of benzene rings is 1. The van der Waals surface area contributed by atoms with Crippen molar-refractivity contribution in [1.82, 2.24) is 0 Å². The lowest BCUT2D eigenvalue weighted by Crippen LogP contribution is -2.39. The van der Waals surface area contributed by atoms with Gasteiger partial charge in [-0.05, 0) is 29.7 Å². The first-order valence-corrected chi connectivity index (χ1v) is 5.96. The van der Waals surface area contributed by atoms with Crippen LogP contribution in [0.5, 0.6) is 0 Å². The molecule has 6 heteroatoms. The van der Waals surface area contributed by atoms with Gasteiger partial charge in [0.2, 0.25) is 11.8 Å². The van der Waals surface area contributed by atoms with Crippen LogP contribution >= 0.6 is 12.4 Å². The largest absolute Gasteiger partial charge is 0.326 e. The predicted molar refractivity (Wildman–Crippen MR) is 77.5 cm³/mol. The van der Waals surface area contributed by atoms with Crippen LogP contribution in [0.4, 0.5) is 11.4 Å². The predicted octanol–water partition coefficient (Wildman–Crippen LogP) is 1.52. The number of fused-ring (bicyclic) bond motifs is 1. The molecule has 0 fully saturated rings. The van der Waals surface area contributed by atoms with Crippen molar-refractivity contribution in [1.29, 1.82) is 0 Å². The Morgan fingerprint density at radius 1 is 1.42 bits per heavy atom. The van der Waals surface area contributed by atoms with Crippen molar-refractivity contribution in [2.45, 2.75) is 26.3 Å². The molecular formula is C13H18ClN3O2. The maximum atomic E-state index is 11.8. The minimum absolute atomic E-state index is 0. The molecule has 1 atom stereocenters. The van der Waals surface area contributed by atoms with E-state index in [1.807, 2.05) is 13.8 Å². The van der Waals surface area contributed by atoms with Gasteiger partial charge in [-0.3, -0.25) is 9.59 Å². The molecule has 104 valence electrons. The van der Waals surface area contributed by atoms with Crippen LogP contribution in [0.1, 0.15) is 19.4 Å². The number of amides is 2. The quantitative estimate of drug-likeness (QED) is 0.786. The van der Waals surface area contributed by atoms with E-state index in [1.165, 1.54) is 0 Å². The fourth-order valence-electron chi connectivity index (χ4n) is 1.84. The SMILES string of the molecule is CC(C)[C@H](N)C(=O)Nc1ccc2c(c1)CC(=O)N2.Cl. The average molecular weight is 284 g/mol. The second kappa shape index (κ2) is 6.04. The first-order chi connectivity index (χ1) is 8.47. The molecule has 0 saturated heterocycles. The number of hydrogen-bond acceptors (Lipinski definition) is 3. The van der Waals surface area contributed by atoms with Crippen molar-refractivity contribution >= 4 is 35.6 Å². The summed E-state index contributed by atoms with van der Waals surface area (Å²) < 4.78 is 0. The van der Waals surface area contributed by atoms with Gasteiger partial charge in [-0.15, -0.1) is 12.4 Å². The second-order valence-corrected chi connectivity index (χ2v) is 4.86. The lowest BCUT2D eigenvalue weighted by molar-refractivity contribution is -0.118. The van der Waals surface area contributed by atoms with Gasteiger partial charge in [-0.25, -0.2) is 0 Å². The van der Waals surface area contributed by atoms with Gasteiger partial charge in [-0.2, -0.15) is 0 Å². The molecule has 19 heavy (non-hydrogen) atoms. The smallest absolute Gasteiger partial charge is 0.241 e. The number of nitrogens with one attached hydrogen (secondary N) is 2. The van der Waals surface area contributed by atoms with Crippen molar-refractivity contribution in [2.24, 2.45) is 11.7 Å². The van der Waals surface area contributed by atoms with Gasteiger partial charge in [0, 0.05) is 11.4 Å². The first kappa shape index (κ1) is 15.5. The van der Waals surface area contributed by atoms with Crippen LogP contribution < -0.4 is 16.4 Å². The van der Waals surface area contributed by atoms with Gasteiger partial charge >= 0.3 is 0 Å². The highest BCUT2D eigenvalue weighted by Gasteiger charge is 2.20. The molecule has 1 aliphatic rings. The van der Waals surface area contributed by atoms with E-state index in [0.29, 0.717) is 12.1 Å². The summed E-state index contributed by atoms with van der Waals surface area (Å²) in [5.41, 5.74) is 8.15. The summed E-state index contributed by atoms with van der Waals surface area (Å²) in [6, 6.07) is 4.82.